The zero-order valence-electron chi connectivity index (χ0n) is 29.2. The van der Waals surface area contributed by atoms with E-state index in [9.17, 15) is 9.90 Å². The summed E-state index contributed by atoms with van der Waals surface area (Å²) in [5.74, 6) is 0.286. The predicted molar refractivity (Wildman–Crippen MR) is 194 cm³/mol. The van der Waals surface area contributed by atoms with E-state index in [-0.39, 0.29) is 47.9 Å². The van der Waals surface area contributed by atoms with Gasteiger partial charge in [-0.25, -0.2) is 4.98 Å². The minimum absolute atomic E-state index is 0. The third kappa shape index (κ3) is 8.62. The van der Waals surface area contributed by atoms with E-state index in [1.54, 1.807) is 17.7 Å². The second kappa shape index (κ2) is 15.8. The summed E-state index contributed by atoms with van der Waals surface area (Å²) in [5.41, 5.74) is 4.23. The zero-order valence-corrected chi connectivity index (χ0v) is 32.4. The molecule has 0 bridgehead atoms. The molecule has 0 atom stereocenters. The van der Waals surface area contributed by atoms with Gasteiger partial charge >= 0.3 is 0 Å². The Morgan fingerprint density at radius 2 is 1.45 bits per heavy atom. The first-order chi connectivity index (χ1) is 21.8. The average molecular weight is 827 g/mol. The van der Waals surface area contributed by atoms with Gasteiger partial charge in [0.05, 0.1) is 16.1 Å². The van der Waals surface area contributed by atoms with Crippen molar-refractivity contribution < 1.29 is 30.0 Å². The van der Waals surface area contributed by atoms with Crippen LogP contribution in [0.1, 0.15) is 93.6 Å². The quantitative estimate of drug-likeness (QED) is 0.0910. The molecule has 47 heavy (non-hydrogen) atoms. The van der Waals surface area contributed by atoms with E-state index in [1.165, 1.54) is 27.1 Å². The van der Waals surface area contributed by atoms with Gasteiger partial charge in [0.25, 0.3) is 0 Å². The van der Waals surface area contributed by atoms with Crippen molar-refractivity contribution in [2.75, 3.05) is 0 Å². The Morgan fingerprint density at radius 1 is 0.830 bits per heavy atom. The molecule has 2 aromatic carbocycles. The van der Waals surface area contributed by atoms with Crippen LogP contribution < -0.4 is 0 Å². The third-order valence-corrected chi connectivity index (χ3v) is 10.6. The van der Waals surface area contributed by atoms with Crippen LogP contribution in [-0.4, -0.2) is 25.8 Å². The van der Waals surface area contributed by atoms with Gasteiger partial charge in [0.15, 0.2) is 5.78 Å². The van der Waals surface area contributed by atoms with E-state index in [2.05, 4.69) is 89.6 Å². The minimum atomic E-state index is -0.337. The van der Waals surface area contributed by atoms with E-state index in [0.717, 1.165) is 53.7 Å². The number of hydrogen-bond donors (Lipinski definition) is 1. The molecular formula is C40H48IrN3O2S-. The van der Waals surface area contributed by atoms with E-state index in [1.807, 2.05) is 53.8 Å². The molecule has 0 aliphatic rings. The second-order valence-electron chi connectivity index (χ2n) is 13.6. The molecule has 5 nitrogen and oxygen atoms in total. The molecule has 0 amide bonds. The number of carbonyl (C=O) groups is 1. The molecular weight excluding hydrogens is 779 g/mol. The fourth-order valence-corrected chi connectivity index (χ4v) is 6.06. The monoisotopic (exact) mass is 827 g/mol. The van der Waals surface area contributed by atoms with E-state index >= 15 is 0 Å². The molecule has 251 valence electrons. The average Bonchev–Trinajstić information content (AvgIpc) is 3.55. The third-order valence-electron chi connectivity index (χ3n) is 9.73. The van der Waals surface area contributed by atoms with Gasteiger partial charge in [-0.1, -0.05) is 91.5 Å². The van der Waals surface area contributed by atoms with Gasteiger partial charge in [-0.2, -0.15) is 0 Å². The molecule has 0 aliphatic carbocycles. The maximum atomic E-state index is 12.2. The Balaban J connectivity index is 0.000000290. The van der Waals surface area contributed by atoms with Crippen LogP contribution in [0.3, 0.4) is 0 Å². The Bertz CT molecular complexity index is 1850. The molecule has 1 N–H and O–H groups in total. The number of pyridine rings is 1. The van der Waals surface area contributed by atoms with Gasteiger partial charge in [-0.3, -0.25) is 14.8 Å². The van der Waals surface area contributed by atoms with Crippen LogP contribution in [0.4, 0.5) is 0 Å². The number of ketones is 1. The zero-order chi connectivity index (χ0) is 33.7. The smallest absolute Gasteiger partial charge is 0.164 e. The Hall–Kier alpha value is -3.25. The van der Waals surface area contributed by atoms with Gasteiger partial charge in [-0.05, 0) is 60.1 Å². The molecule has 0 saturated heterocycles. The molecule has 5 rings (SSSR count). The topological polar surface area (TPSA) is 76.0 Å². The first kappa shape index (κ1) is 38.2. The molecule has 3 aromatic heterocycles. The van der Waals surface area contributed by atoms with Gasteiger partial charge in [-0.15, -0.1) is 40.5 Å². The molecule has 0 saturated carbocycles. The summed E-state index contributed by atoms with van der Waals surface area (Å²) in [5, 5.41) is 15.7. The van der Waals surface area contributed by atoms with Gasteiger partial charge in [0.2, 0.25) is 0 Å². The Morgan fingerprint density at radius 3 is 2.09 bits per heavy atom. The summed E-state index contributed by atoms with van der Waals surface area (Å²) in [6.07, 6.45) is 8.28. The summed E-state index contributed by atoms with van der Waals surface area (Å²) in [6, 6.07) is 20.4. The van der Waals surface area contributed by atoms with Gasteiger partial charge < -0.3 is 5.11 Å². The largest absolute Gasteiger partial charge is 0.512 e. The number of allylic oxidation sites excluding steroid dienone is 2. The predicted octanol–water partition coefficient (Wildman–Crippen LogP) is 11.3. The summed E-state index contributed by atoms with van der Waals surface area (Å²) < 4.78 is 1.18. The van der Waals surface area contributed by atoms with E-state index in [4.69, 9.17) is 0 Å². The summed E-state index contributed by atoms with van der Waals surface area (Å²) in [7, 11) is 0. The fraction of sp³-hybridized carbons (Fsp3) is 0.400. The number of hydrogen-bond acceptors (Lipinski definition) is 6. The SMILES string of the molecule is CC(C)(C)c1cc(-c2cc(-c3cc4ccsc4cn3)ncn2)[c-]c2ccccc12.CCC(C)(CC)C(=O)/C=C(\O)C(C)(CC)CC.[Ir]. The van der Waals surface area contributed by atoms with Crippen molar-refractivity contribution >= 4 is 38.0 Å². The number of benzene rings is 2. The van der Waals surface area contributed by atoms with Crippen LogP contribution in [0.25, 0.3) is 43.5 Å². The van der Waals surface area contributed by atoms with Crippen LogP contribution >= 0.6 is 11.3 Å². The van der Waals surface area contributed by atoms with Crippen molar-refractivity contribution in [3.63, 3.8) is 0 Å². The maximum Gasteiger partial charge on any atom is 0.164 e. The second-order valence-corrected chi connectivity index (χ2v) is 14.6. The standard InChI is InChI=1S/C25H20N3S.C15H28O2.Ir/c1-25(2,3)20-11-18(10-16-6-4-5-7-19(16)20)21-13-23(28-15-27-21)22-12-17-8-9-29-24(17)14-26-22;1-7-14(5,8-2)12(16)11-13(17)15(6,9-3)10-4;/h4-9,11-15H,1-3H3;11,16H,7-10H2,1-6H3;/q-1;;/b;12-11-;. The van der Waals surface area contributed by atoms with Crippen molar-refractivity contribution in [1.82, 2.24) is 15.0 Å². The first-order valence-electron chi connectivity index (χ1n) is 16.4. The van der Waals surface area contributed by atoms with Crippen LogP contribution in [0.2, 0.25) is 0 Å². The molecule has 7 heteroatoms. The number of aliphatic hydroxyl groups is 1. The van der Waals surface area contributed by atoms with Crippen molar-refractivity contribution in [2.45, 2.75) is 93.4 Å². The number of aromatic nitrogens is 3. The number of rotatable bonds is 9. The molecule has 1 radical (unpaired) electrons. The number of fused-ring (bicyclic) bond motifs is 2. The summed E-state index contributed by atoms with van der Waals surface area (Å²) in [6.45, 7) is 18.8. The van der Waals surface area contributed by atoms with Gasteiger partial charge in [0.1, 0.15) is 12.1 Å². The number of aliphatic hydroxyl groups excluding tert-OH is 1. The number of thiophene rings is 1. The molecule has 0 spiro atoms. The minimum Gasteiger partial charge on any atom is -0.512 e. The Labute approximate surface area is 298 Å². The van der Waals surface area contributed by atoms with E-state index in [0.29, 0.717) is 0 Å². The first-order valence-corrected chi connectivity index (χ1v) is 17.2. The molecule has 0 unspecified atom stereocenters. The van der Waals surface area contributed by atoms with Crippen LogP contribution in [-0.2, 0) is 30.3 Å². The van der Waals surface area contributed by atoms with Crippen molar-refractivity contribution in [3.8, 4) is 22.6 Å². The van der Waals surface area contributed by atoms with Crippen molar-refractivity contribution in [3.05, 3.63) is 89.9 Å². The number of nitrogens with zero attached hydrogens (tertiary/aromatic N) is 3. The van der Waals surface area contributed by atoms with Crippen LogP contribution in [0.5, 0.6) is 0 Å². The molecule has 0 fully saturated rings. The normalized spacial score (nSPS) is 12.4. The maximum absolute atomic E-state index is 12.2. The molecule has 3 heterocycles. The van der Waals surface area contributed by atoms with Crippen LogP contribution in [0, 0.1) is 16.9 Å². The summed E-state index contributed by atoms with van der Waals surface area (Å²) in [4.78, 5) is 25.8. The van der Waals surface area contributed by atoms with Crippen molar-refractivity contribution in [1.29, 1.82) is 0 Å². The Kier molecular flexibility index (Phi) is 12.8. The summed E-state index contributed by atoms with van der Waals surface area (Å²) >= 11 is 1.70. The number of carbonyl (C=O) groups excluding carboxylic acids is 1. The van der Waals surface area contributed by atoms with Gasteiger partial charge in [0, 0.05) is 48.9 Å². The van der Waals surface area contributed by atoms with Crippen molar-refractivity contribution in [2.24, 2.45) is 10.8 Å². The molecule has 5 aromatic rings. The van der Waals surface area contributed by atoms with E-state index < -0.39 is 0 Å². The fourth-order valence-electron chi connectivity index (χ4n) is 5.32. The molecule has 0 aliphatic heterocycles. The van der Waals surface area contributed by atoms with Crippen LogP contribution in [0.15, 0.2) is 78.3 Å².